The van der Waals surface area contributed by atoms with E-state index in [2.05, 4.69) is 0 Å². The second-order valence-electron chi connectivity index (χ2n) is 2.69. The molecule has 1 radical (unpaired) electrons. The summed E-state index contributed by atoms with van der Waals surface area (Å²) in [5.41, 5.74) is 0. The summed E-state index contributed by atoms with van der Waals surface area (Å²) in [4.78, 5) is 1.32. The summed E-state index contributed by atoms with van der Waals surface area (Å²) in [6, 6.07) is -0.907. The van der Waals surface area contributed by atoms with E-state index < -0.39 is 18.3 Å². The molecular formula is C6H12CoF3NO. The minimum atomic E-state index is -4.52. The Bertz CT molecular complexity index is 128. The standard InChI is InChI=1S/C6H12F3NO.Co/c1-4(10(2)3)5(11)6(7,8)9;/h4-5,11H,1-3H3;. The van der Waals surface area contributed by atoms with E-state index in [-0.39, 0.29) is 16.8 Å². The van der Waals surface area contributed by atoms with Gasteiger partial charge in [0.1, 0.15) is 0 Å². The van der Waals surface area contributed by atoms with Crippen LogP contribution in [0, 0.1) is 0 Å². The fourth-order valence-electron chi connectivity index (χ4n) is 0.556. The number of hydrogen-bond donors (Lipinski definition) is 1. The second kappa shape index (κ2) is 5.06. The van der Waals surface area contributed by atoms with Gasteiger partial charge in [-0.05, 0) is 21.0 Å². The Hall–Kier alpha value is 0.216. The Balaban J connectivity index is 0. The smallest absolute Gasteiger partial charge is 0.382 e. The van der Waals surface area contributed by atoms with Gasteiger partial charge in [-0.15, -0.1) is 0 Å². The van der Waals surface area contributed by atoms with Crippen LogP contribution in [0.3, 0.4) is 0 Å². The molecule has 0 aromatic heterocycles. The third-order valence-electron chi connectivity index (χ3n) is 1.61. The van der Waals surface area contributed by atoms with Crippen molar-refractivity contribution in [1.82, 2.24) is 4.90 Å². The van der Waals surface area contributed by atoms with Gasteiger partial charge in [0.25, 0.3) is 0 Å². The van der Waals surface area contributed by atoms with Gasteiger partial charge in [0.2, 0.25) is 0 Å². The van der Waals surface area contributed by atoms with E-state index >= 15 is 0 Å². The van der Waals surface area contributed by atoms with Crippen molar-refractivity contribution in [2.75, 3.05) is 14.1 Å². The number of alkyl halides is 3. The fraction of sp³-hybridized carbons (Fsp3) is 1.00. The normalized spacial score (nSPS) is 17.0. The first-order valence-electron chi connectivity index (χ1n) is 3.18. The van der Waals surface area contributed by atoms with Crippen LogP contribution >= 0.6 is 0 Å². The predicted octanol–water partition coefficient (Wildman–Crippen LogP) is 0.857. The molecule has 6 heteroatoms. The molecule has 0 spiro atoms. The quantitative estimate of drug-likeness (QED) is 0.760. The Morgan fingerprint density at radius 3 is 1.67 bits per heavy atom. The molecule has 0 aliphatic rings. The summed E-state index contributed by atoms with van der Waals surface area (Å²) < 4.78 is 35.3. The van der Waals surface area contributed by atoms with Crippen LogP contribution in [0.2, 0.25) is 0 Å². The number of halogens is 3. The number of aliphatic hydroxyl groups excluding tert-OH is 1. The van der Waals surface area contributed by atoms with Crippen molar-refractivity contribution in [2.45, 2.75) is 25.2 Å². The van der Waals surface area contributed by atoms with Gasteiger partial charge in [-0.2, -0.15) is 13.2 Å². The second-order valence-corrected chi connectivity index (χ2v) is 2.69. The molecule has 0 amide bonds. The zero-order chi connectivity index (χ0) is 9.23. The Morgan fingerprint density at radius 1 is 1.25 bits per heavy atom. The molecule has 0 bridgehead atoms. The van der Waals surface area contributed by atoms with E-state index in [0.717, 1.165) is 0 Å². The van der Waals surface area contributed by atoms with Crippen LogP contribution in [0.4, 0.5) is 13.2 Å². The fourth-order valence-corrected chi connectivity index (χ4v) is 0.556. The van der Waals surface area contributed by atoms with Gasteiger partial charge < -0.3 is 10.0 Å². The molecule has 1 N–H and O–H groups in total. The molecule has 2 nitrogen and oxygen atoms in total. The average Bonchev–Trinajstić information content (AvgIpc) is 1.82. The van der Waals surface area contributed by atoms with Crippen LogP contribution in [-0.4, -0.2) is 42.4 Å². The first-order valence-corrected chi connectivity index (χ1v) is 3.18. The molecule has 0 rings (SSSR count). The summed E-state index contributed by atoms with van der Waals surface area (Å²) in [5, 5.41) is 8.66. The molecule has 12 heavy (non-hydrogen) atoms. The van der Waals surface area contributed by atoms with Crippen molar-refractivity contribution in [3.05, 3.63) is 0 Å². The van der Waals surface area contributed by atoms with Crippen molar-refractivity contribution in [1.29, 1.82) is 0 Å². The van der Waals surface area contributed by atoms with Crippen molar-refractivity contribution in [2.24, 2.45) is 0 Å². The summed E-state index contributed by atoms with van der Waals surface area (Å²) in [7, 11) is 2.97. The molecule has 0 heterocycles. The predicted molar refractivity (Wildman–Crippen MR) is 35.2 cm³/mol. The SMILES string of the molecule is CC(C(O)C(F)(F)F)N(C)C.[Co]. The van der Waals surface area contributed by atoms with Crippen molar-refractivity contribution in [3.63, 3.8) is 0 Å². The number of aliphatic hydroxyl groups is 1. The Kier molecular flexibility index (Phi) is 6.20. The molecule has 0 saturated heterocycles. The van der Waals surface area contributed by atoms with Crippen LogP contribution < -0.4 is 0 Å². The van der Waals surface area contributed by atoms with Gasteiger partial charge in [-0.3, -0.25) is 0 Å². The van der Waals surface area contributed by atoms with E-state index in [0.29, 0.717) is 0 Å². The van der Waals surface area contributed by atoms with Crippen LogP contribution in [0.5, 0.6) is 0 Å². The van der Waals surface area contributed by atoms with Gasteiger partial charge in [0, 0.05) is 22.8 Å². The largest absolute Gasteiger partial charge is 0.415 e. The van der Waals surface area contributed by atoms with E-state index in [1.807, 2.05) is 0 Å². The minimum Gasteiger partial charge on any atom is -0.382 e. The number of hydrogen-bond acceptors (Lipinski definition) is 2. The average molecular weight is 230 g/mol. The maximum atomic E-state index is 11.8. The minimum absolute atomic E-state index is 0. The van der Waals surface area contributed by atoms with E-state index in [1.165, 1.54) is 25.9 Å². The van der Waals surface area contributed by atoms with E-state index in [9.17, 15) is 13.2 Å². The zero-order valence-electron chi connectivity index (χ0n) is 7.02. The van der Waals surface area contributed by atoms with Crippen LogP contribution in [-0.2, 0) is 16.8 Å². The van der Waals surface area contributed by atoms with Crippen LogP contribution in [0.1, 0.15) is 6.92 Å². The number of rotatable bonds is 2. The summed E-state index contributed by atoms with van der Waals surface area (Å²) in [5.74, 6) is 0. The molecule has 0 aliphatic heterocycles. The summed E-state index contributed by atoms with van der Waals surface area (Å²) >= 11 is 0. The summed E-state index contributed by atoms with van der Waals surface area (Å²) in [6.07, 6.45) is -6.79. The van der Waals surface area contributed by atoms with Crippen LogP contribution in [0.15, 0.2) is 0 Å². The molecule has 2 atom stereocenters. The van der Waals surface area contributed by atoms with E-state index in [4.69, 9.17) is 5.11 Å². The first kappa shape index (κ1) is 14.7. The van der Waals surface area contributed by atoms with Gasteiger partial charge in [0.15, 0.2) is 6.10 Å². The van der Waals surface area contributed by atoms with Crippen molar-refractivity contribution < 1.29 is 35.1 Å². The molecule has 0 saturated carbocycles. The Morgan fingerprint density at radius 2 is 1.58 bits per heavy atom. The van der Waals surface area contributed by atoms with Gasteiger partial charge in [-0.25, -0.2) is 0 Å². The van der Waals surface area contributed by atoms with Crippen molar-refractivity contribution in [3.8, 4) is 0 Å². The Labute approximate surface area is 79.9 Å². The molecular weight excluding hydrogens is 218 g/mol. The molecule has 0 aromatic carbocycles. The van der Waals surface area contributed by atoms with Gasteiger partial charge >= 0.3 is 6.18 Å². The van der Waals surface area contributed by atoms with Gasteiger partial charge in [-0.1, -0.05) is 0 Å². The maximum Gasteiger partial charge on any atom is 0.415 e. The monoisotopic (exact) mass is 230 g/mol. The molecule has 77 valence electrons. The molecule has 0 aromatic rings. The van der Waals surface area contributed by atoms with Crippen LogP contribution in [0.25, 0.3) is 0 Å². The third kappa shape index (κ3) is 4.29. The zero-order valence-corrected chi connectivity index (χ0v) is 8.06. The van der Waals surface area contributed by atoms with E-state index in [1.54, 1.807) is 0 Å². The van der Waals surface area contributed by atoms with Crippen molar-refractivity contribution >= 4 is 0 Å². The summed E-state index contributed by atoms with van der Waals surface area (Å²) in [6.45, 7) is 1.32. The molecule has 0 fully saturated rings. The number of nitrogens with zero attached hydrogens (tertiary/aromatic N) is 1. The molecule has 2 unspecified atom stereocenters. The topological polar surface area (TPSA) is 23.5 Å². The number of likely N-dealkylation sites (N-methyl/N-ethyl adjacent to an activating group) is 1. The molecule has 0 aliphatic carbocycles. The van der Waals surface area contributed by atoms with Gasteiger partial charge in [0.05, 0.1) is 0 Å². The third-order valence-corrected chi connectivity index (χ3v) is 1.61. The maximum absolute atomic E-state index is 11.8. The first-order chi connectivity index (χ1) is 4.76.